The molecule has 0 radical (unpaired) electrons. The second-order valence-corrected chi connectivity index (χ2v) is 10.0. The van der Waals surface area contributed by atoms with Crippen molar-refractivity contribution in [3.8, 4) is 5.75 Å². The van der Waals surface area contributed by atoms with Crippen LogP contribution in [0.25, 0.3) is 0 Å². The van der Waals surface area contributed by atoms with E-state index in [0.29, 0.717) is 5.75 Å². The molecule has 2 atom stereocenters. The zero-order valence-corrected chi connectivity index (χ0v) is 22.2. The van der Waals surface area contributed by atoms with Crippen LogP contribution in [0, 0.1) is 0 Å². The number of benzene rings is 2. The van der Waals surface area contributed by atoms with Gasteiger partial charge in [-0.2, -0.15) is 26.3 Å². The van der Waals surface area contributed by atoms with Crippen molar-refractivity contribution in [3.63, 3.8) is 0 Å². The van der Waals surface area contributed by atoms with Gasteiger partial charge in [-0.15, -0.1) is 0 Å². The maximum absolute atomic E-state index is 11.5. The van der Waals surface area contributed by atoms with E-state index in [0.717, 1.165) is 57.8 Å². The highest BCUT2D eigenvalue weighted by Gasteiger charge is 2.53. The molecular weight excluding hydrogens is 576 g/mol. The third-order valence-electron chi connectivity index (χ3n) is 7.59. The molecule has 0 aromatic heterocycles. The van der Waals surface area contributed by atoms with Gasteiger partial charge in [0, 0.05) is 31.6 Å². The lowest BCUT2D eigenvalue weighted by Crippen LogP contribution is -2.52. The minimum absolute atomic E-state index is 0.0702. The summed E-state index contributed by atoms with van der Waals surface area (Å²) in [5.41, 5.74) is 3.47. The van der Waals surface area contributed by atoms with E-state index in [-0.39, 0.29) is 17.6 Å². The van der Waals surface area contributed by atoms with Gasteiger partial charge in [0.15, 0.2) is 0 Å². The molecule has 0 unspecified atom stereocenters. The van der Waals surface area contributed by atoms with Crippen molar-refractivity contribution in [2.45, 2.75) is 42.8 Å². The highest BCUT2D eigenvalue weighted by Crippen LogP contribution is 2.52. The van der Waals surface area contributed by atoms with Crippen molar-refractivity contribution in [1.29, 1.82) is 0 Å². The average molecular weight is 608 g/mol. The Kier molecular flexibility index (Phi) is 10.3. The Morgan fingerprint density at radius 1 is 0.810 bits per heavy atom. The molecule has 42 heavy (non-hydrogen) atoms. The first-order valence-corrected chi connectivity index (χ1v) is 12.9. The number of fused-ring (bicyclic) bond motifs is 2. The Morgan fingerprint density at radius 2 is 1.29 bits per heavy atom. The van der Waals surface area contributed by atoms with Gasteiger partial charge < -0.3 is 30.6 Å². The fourth-order valence-corrected chi connectivity index (χ4v) is 5.65. The lowest BCUT2D eigenvalue weighted by molar-refractivity contribution is -0.193. The van der Waals surface area contributed by atoms with E-state index in [2.05, 4.69) is 39.4 Å². The van der Waals surface area contributed by atoms with Crippen LogP contribution in [0.2, 0.25) is 0 Å². The number of piperidine rings is 1. The van der Waals surface area contributed by atoms with E-state index in [4.69, 9.17) is 19.8 Å². The van der Waals surface area contributed by atoms with Crippen LogP contribution >= 0.6 is 0 Å². The summed E-state index contributed by atoms with van der Waals surface area (Å²) >= 11 is 0. The first-order valence-electron chi connectivity index (χ1n) is 12.9. The van der Waals surface area contributed by atoms with E-state index in [1.165, 1.54) is 11.1 Å². The minimum atomic E-state index is -5.08. The molecule has 2 saturated heterocycles. The second kappa shape index (κ2) is 13.2. The first kappa shape index (κ1) is 32.9. The monoisotopic (exact) mass is 607 g/mol. The maximum atomic E-state index is 11.5. The van der Waals surface area contributed by atoms with E-state index in [1.54, 1.807) is 6.07 Å². The van der Waals surface area contributed by atoms with E-state index >= 15 is 0 Å². The molecule has 3 aliphatic rings. The molecule has 0 bridgehead atoms. The van der Waals surface area contributed by atoms with Crippen molar-refractivity contribution in [2.75, 3.05) is 44.2 Å². The van der Waals surface area contributed by atoms with Gasteiger partial charge in [-0.05, 0) is 49.2 Å². The van der Waals surface area contributed by atoms with E-state index in [1.807, 2.05) is 18.2 Å². The summed E-state index contributed by atoms with van der Waals surface area (Å²) in [5, 5.41) is 39.4. The standard InChI is InChI=1S/C23H29N3O2.2C2HF3O2/c27-20-8-4-3-7-19(20)25-13-15-26(16-14-25)21-17-5-1-2-6-18(17)23(22(21)28)9-11-24-12-10-23;2*3-2(4,5)1(6)7/h1-8,21-22,24,27-28H,9-16H2;2*(H,6,7)/t21-,22+;;/m1../s1. The van der Waals surface area contributed by atoms with Gasteiger partial charge in [0.2, 0.25) is 0 Å². The molecule has 1 aliphatic carbocycles. The number of anilines is 1. The number of aliphatic hydroxyl groups excluding tert-OH is 1. The van der Waals surface area contributed by atoms with Gasteiger partial charge in [-0.1, -0.05) is 36.4 Å². The summed E-state index contributed by atoms with van der Waals surface area (Å²) in [5.74, 6) is -5.17. The zero-order chi connectivity index (χ0) is 31.3. The number of phenolic OH excluding ortho intramolecular Hbond substituents is 1. The molecule has 5 N–H and O–H groups in total. The number of halogens is 6. The summed E-state index contributed by atoms with van der Waals surface area (Å²) in [6, 6.07) is 16.3. The normalized spacial score (nSPS) is 21.8. The number of hydrogen-bond donors (Lipinski definition) is 5. The van der Waals surface area contributed by atoms with Gasteiger partial charge in [0.05, 0.1) is 17.8 Å². The number of nitrogens with zero attached hydrogens (tertiary/aromatic N) is 2. The average Bonchev–Trinajstić information content (AvgIpc) is 3.16. The largest absolute Gasteiger partial charge is 0.506 e. The molecule has 15 heteroatoms. The van der Waals surface area contributed by atoms with Crippen LogP contribution in [0.3, 0.4) is 0 Å². The molecule has 0 saturated carbocycles. The number of aromatic hydroxyl groups is 1. The topological polar surface area (TPSA) is 134 Å². The van der Waals surface area contributed by atoms with Gasteiger partial charge >= 0.3 is 24.3 Å². The van der Waals surface area contributed by atoms with E-state index < -0.39 is 24.3 Å². The molecule has 5 rings (SSSR count). The molecule has 2 aliphatic heterocycles. The van der Waals surface area contributed by atoms with Crippen molar-refractivity contribution in [3.05, 3.63) is 59.7 Å². The van der Waals surface area contributed by atoms with Crippen LogP contribution in [0.1, 0.15) is 30.0 Å². The molecule has 2 fully saturated rings. The Balaban J connectivity index is 0.000000289. The van der Waals surface area contributed by atoms with E-state index in [9.17, 15) is 36.6 Å². The van der Waals surface area contributed by atoms with Crippen LogP contribution in [-0.2, 0) is 15.0 Å². The Labute approximate surface area is 237 Å². The van der Waals surface area contributed by atoms with Crippen LogP contribution in [-0.4, -0.2) is 95.0 Å². The lowest BCUT2D eigenvalue weighted by Gasteiger charge is -2.43. The molecule has 0 amide bonds. The van der Waals surface area contributed by atoms with Crippen molar-refractivity contribution in [2.24, 2.45) is 0 Å². The fourth-order valence-electron chi connectivity index (χ4n) is 5.65. The Morgan fingerprint density at radius 3 is 1.79 bits per heavy atom. The van der Waals surface area contributed by atoms with Crippen LogP contribution in [0.5, 0.6) is 5.75 Å². The number of aliphatic hydroxyl groups is 1. The van der Waals surface area contributed by atoms with Gasteiger partial charge in [-0.3, -0.25) is 4.90 Å². The number of piperazine rings is 1. The zero-order valence-electron chi connectivity index (χ0n) is 22.2. The SMILES string of the molecule is O=C(O)C(F)(F)F.O=C(O)C(F)(F)F.Oc1ccccc1N1CCN([C@@H]2c3ccccc3C3(CCNCC3)[C@H]2O)CC1. The third kappa shape index (κ3) is 7.44. The van der Waals surface area contributed by atoms with Crippen molar-refractivity contribution >= 4 is 17.6 Å². The molecule has 2 heterocycles. The van der Waals surface area contributed by atoms with Crippen molar-refractivity contribution < 1.29 is 56.4 Å². The summed E-state index contributed by atoms with van der Waals surface area (Å²) < 4.78 is 63.5. The molecule has 2 aromatic carbocycles. The van der Waals surface area contributed by atoms with Crippen LogP contribution in [0.15, 0.2) is 48.5 Å². The third-order valence-corrected chi connectivity index (χ3v) is 7.59. The number of phenols is 1. The summed E-state index contributed by atoms with van der Waals surface area (Å²) in [6.07, 6.45) is -8.53. The lowest BCUT2D eigenvalue weighted by atomic mass is 9.72. The maximum Gasteiger partial charge on any atom is 0.490 e. The van der Waals surface area contributed by atoms with Crippen LogP contribution in [0.4, 0.5) is 32.0 Å². The number of carboxylic acids is 2. The minimum Gasteiger partial charge on any atom is -0.506 e. The highest BCUT2D eigenvalue weighted by atomic mass is 19.4. The van der Waals surface area contributed by atoms with Gasteiger partial charge in [-0.25, -0.2) is 9.59 Å². The van der Waals surface area contributed by atoms with Crippen LogP contribution < -0.4 is 10.2 Å². The number of hydrogen-bond acceptors (Lipinski definition) is 7. The number of alkyl halides is 6. The predicted octanol–water partition coefficient (Wildman–Crippen LogP) is 3.52. The molecule has 9 nitrogen and oxygen atoms in total. The van der Waals surface area contributed by atoms with Crippen molar-refractivity contribution in [1.82, 2.24) is 10.2 Å². The molecule has 232 valence electrons. The smallest absolute Gasteiger partial charge is 0.490 e. The van der Waals surface area contributed by atoms with Gasteiger partial charge in [0.25, 0.3) is 0 Å². The fraction of sp³-hybridized carbons (Fsp3) is 0.481. The number of rotatable bonds is 2. The summed E-state index contributed by atoms with van der Waals surface area (Å²) in [4.78, 5) is 22.5. The number of carbonyl (C=O) groups is 2. The number of aliphatic carboxylic acids is 2. The predicted molar refractivity (Wildman–Crippen MR) is 138 cm³/mol. The summed E-state index contributed by atoms with van der Waals surface area (Å²) in [6.45, 7) is 5.44. The van der Waals surface area contributed by atoms with Gasteiger partial charge in [0.1, 0.15) is 5.75 Å². The quantitative estimate of drug-likeness (QED) is 0.325. The number of para-hydroxylation sites is 2. The second-order valence-electron chi connectivity index (χ2n) is 10.0. The molecule has 1 spiro atoms. The molecule has 2 aromatic rings. The number of carboxylic acid groups (broad SMARTS) is 2. The Hall–Kier alpha value is -3.56. The highest BCUT2D eigenvalue weighted by molar-refractivity contribution is 5.73. The molecular formula is C27H31F6N3O6. The Bertz CT molecular complexity index is 1200. The first-order chi connectivity index (χ1) is 19.6. The number of nitrogens with one attached hydrogen (secondary N) is 1. The summed E-state index contributed by atoms with van der Waals surface area (Å²) in [7, 11) is 0.